The predicted molar refractivity (Wildman–Crippen MR) is 177 cm³/mol. The fraction of sp³-hybridized carbons (Fsp3) is 0.188. The van der Waals surface area contributed by atoms with E-state index in [0.29, 0.717) is 32.9 Å². The number of rotatable bonds is 9. The monoisotopic (exact) mass is 672 g/mol. The largest absolute Gasteiger partial charge is 0.480 e. The molecule has 0 spiro atoms. The Balaban J connectivity index is 1.04. The number of fused-ring (bicyclic) bond motifs is 4. The molecule has 46 heavy (non-hydrogen) atoms. The number of hydrogen-bond acceptors (Lipinski definition) is 10. The molecule has 0 saturated carbocycles. The summed E-state index contributed by atoms with van der Waals surface area (Å²) in [7, 11) is 0. The van der Waals surface area contributed by atoms with Gasteiger partial charge in [0.05, 0.1) is 22.9 Å². The minimum absolute atomic E-state index is 0.122. The number of carboxylic acid groups (broad SMARTS) is 2. The fourth-order valence-electron chi connectivity index (χ4n) is 5.45. The number of aliphatic imine (C=N–C) groups is 1. The summed E-state index contributed by atoms with van der Waals surface area (Å²) in [4.78, 5) is 59.3. The van der Waals surface area contributed by atoms with Gasteiger partial charge in [-0.3, -0.25) is 19.5 Å². The zero-order valence-electron chi connectivity index (χ0n) is 23.8. The molecule has 1 aromatic heterocycles. The summed E-state index contributed by atoms with van der Waals surface area (Å²) in [5.74, 6) is -1.69. The Hall–Kier alpha value is -4.66. The number of thiazole rings is 1. The number of nitrogens with one attached hydrogen (secondary N) is 1. The topological polar surface area (TPSA) is 158 Å². The van der Waals surface area contributed by atoms with Crippen molar-refractivity contribution in [3.63, 3.8) is 0 Å². The molecule has 0 bridgehead atoms. The lowest BCUT2D eigenvalue weighted by molar-refractivity contribution is -0.150. The number of carboxylic acids is 2. The number of benzene rings is 3. The van der Waals surface area contributed by atoms with Crippen molar-refractivity contribution in [1.29, 1.82) is 0 Å². The third-order valence-corrected chi connectivity index (χ3v) is 11.3. The Morgan fingerprint density at radius 2 is 1.91 bits per heavy atom. The first-order valence-corrected chi connectivity index (χ1v) is 17.0. The van der Waals surface area contributed by atoms with Crippen LogP contribution in [-0.2, 0) is 25.6 Å². The number of ether oxygens (including phenoxy) is 1. The summed E-state index contributed by atoms with van der Waals surface area (Å²) in [6, 6.07) is 17.0. The Morgan fingerprint density at radius 1 is 1.09 bits per heavy atom. The van der Waals surface area contributed by atoms with Crippen molar-refractivity contribution in [3.8, 4) is 5.75 Å². The van der Waals surface area contributed by atoms with Crippen LogP contribution in [0.3, 0.4) is 0 Å². The summed E-state index contributed by atoms with van der Waals surface area (Å²) in [6.45, 7) is 0. The van der Waals surface area contributed by atoms with E-state index in [4.69, 9.17) is 4.74 Å². The molecule has 0 aliphatic carbocycles. The second kappa shape index (κ2) is 12.3. The molecule has 3 unspecified atom stereocenters. The third kappa shape index (κ3) is 5.63. The van der Waals surface area contributed by atoms with Gasteiger partial charge < -0.3 is 20.3 Å². The van der Waals surface area contributed by atoms with Crippen LogP contribution < -0.4 is 10.1 Å². The van der Waals surface area contributed by atoms with E-state index in [1.807, 2.05) is 54.6 Å². The molecule has 3 N–H and O–H groups in total. The molecule has 3 aliphatic heterocycles. The molecule has 14 heteroatoms. The third-order valence-electron chi connectivity index (χ3n) is 7.66. The molecule has 3 atom stereocenters. The van der Waals surface area contributed by atoms with Gasteiger partial charge in [-0.2, -0.15) is 0 Å². The highest BCUT2D eigenvalue weighted by atomic mass is 32.2. The van der Waals surface area contributed by atoms with E-state index in [2.05, 4.69) is 15.3 Å². The van der Waals surface area contributed by atoms with Crippen molar-refractivity contribution < 1.29 is 34.1 Å². The smallest absolute Gasteiger partial charge is 0.352 e. The minimum atomic E-state index is -1.23. The molecule has 232 valence electrons. The summed E-state index contributed by atoms with van der Waals surface area (Å²) in [5, 5.41) is 24.7. The van der Waals surface area contributed by atoms with Crippen LogP contribution in [0.1, 0.15) is 10.6 Å². The van der Waals surface area contributed by atoms with E-state index in [0.717, 1.165) is 26.6 Å². The van der Waals surface area contributed by atoms with Gasteiger partial charge in [-0.05, 0) is 46.9 Å². The van der Waals surface area contributed by atoms with Gasteiger partial charge in [0, 0.05) is 16.9 Å². The van der Waals surface area contributed by atoms with E-state index < -0.39 is 35.3 Å². The number of aliphatic carboxylic acids is 2. The van der Waals surface area contributed by atoms with E-state index in [1.54, 1.807) is 12.1 Å². The van der Waals surface area contributed by atoms with Gasteiger partial charge in [0.25, 0.3) is 5.91 Å². The van der Waals surface area contributed by atoms with Gasteiger partial charge in [0.1, 0.15) is 32.9 Å². The molecule has 7 rings (SSSR count). The van der Waals surface area contributed by atoms with Crippen LogP contribution in [0.2, 0.25) is 0 Å². The van der Waals surface area contributed by atoms with Crippen LogP contribution in [0.5, 0.6) is 5.75 Å². The Kier molecular flexibility index (Phi) is 8.01. The van der Waals surface area contributed by atoms with Gasteiger partial charge in [-0.1, -0.05) is 36.4 Å². The van der Waals surface area contributed by atoms with Crippen molar-refractivity contribution in [1.82, 2.24) is 15.2 Å². The molecule has 11 nitrogen and oxygen atoms in total. The second-order valence-electron chi connectivity index (χ2n) is 10.6. The number of β-lactam (4-membered cyclic amide) rings is 1. The van der Waals surface area contributed by atoms with Crippen LogP contribution in [0.25, 0.3) is 21.0 Å². The first-order valence-electron chi connectivity index (χ1n) is 14.1. The van der Waals surface area contributed by atoms with Crippen LogP contribution >= 0.6 is 34.9 Å². The Labute approximate surface area is 274 Å². The van der Waals surface area contributed by atoms with Crippen LogP contribution in [0.15, 0.2) is 89.3 Å². The van der Waals surface area contributed by atoms with Gasteiger partial charge in [0.2, 0.25) is 5.91 Å². The summed E-state index contributed by atoms with van der Waals surface area (Å²) >= 11 is 4.24. The molecular formula is C32H24N4O7S3. The second-order valence-corrected chi connectivity index (χ2v) is 13.7. The Morgan fingerprint density at radius 3 is 2.67 bits per heavy atom. The maximum atomic E-state index is 13.0. The summed E-state index contributed by atoms with van der Waals surface area (Å²) in [6.07, 6.45) is 3.08. The van der Waals surface area contributed by atoms with Gasteiger partial charge in [-0.25, -0.2) is 14.6 Å². The predicted octanol–water partition coefficient (Wildman–Crippen LogP) is 4.27. The highest BCUT2D eigenvalue weighted by molar-refractivity contribution is 8.15. The number of hydrogen-bond donors (Lipinski definition) is 3. The van der Waals surface area contributed by atoms with Crippen molar-refractivity contribution in [2.45, 2.75) is 23.9 Å². The maximum absolute atomic E-state index is 13.0. The average molecular weight is 673 g/mol. The molecule has 3 aliphatic rings. The first kappa shape index (κ1) is 30.0. The van der Waals surface area contributed by atoms with Crippen molar-refractivity contribution in [3.05, 3.63) is 94.8 Å². The molecule has 1 fully saturated rings. The van der Waals surface area contributed by atoms with E-state index in [-0.39, 0.29) is 18.0 Å². The van der Waals surface area contributed by atoms with Crippen LogP contribution in [0.4, 0.5) is 0 Å². The van der Waals surface area contributed by atoms with Crippen LogP contribution in [-0.4, -0.2) is 77.9 Å². The number of nitrogens with zero attached hydrogens (tertiary/aromatic N) is 3. The van der Waals surface area contributed by atoms with Gasteiger partial charge in [-0.15, -0.1) is 34.9 Å². The quantitative estimate of drug-likeness (QED) is 0.173. The highest BCUT2D eigenvalue weighted by Gasteiger charge is 2.54. The lowest BCUT2D eigenvalue weighted by Crippen LogP contribution is -2.70. The summed E-state index contributed by atoms with van der Waals surface area (Å²) < 4.78 is 6.80. The number of allylic oxidation sites excluding steroid dienone is 1. The molecule has 1 saturated heterocycles. The fourth-order valence-corrected chi connectivity index (χ4v) is 8.96. The van der Waals surface area contributed by atoms with Gasteiger partial charge in [0.15, 0.2) is 6.04 Å². The highest BCUT2D eigenvalue weighted by Crippen LogP contribution is 2.41. The standard InChI is InChI=1S/C32H24N4O7S3/c37-23(12-16-4-2-1-3-5-16)35-24-29(38)36-25(32(41)42)18(14-45-30(24)36)10-11-43-19-7-8-20-17(13-19)6-9-21-26(20)46-28(33-21)27-34-22(15-44-27)31(39)40/h1-11,13,22,24,30H,12,14-15H2,(H,35,37)(H,39,40)(H,41,42)/b11-10+. The number of carbonyl (C=O) groups is 4. The van der Waals surface area contributed by atoms with E-state index in [1.165, 1.54) is 46.0 Å². The number of amides is 2. The van der Waals surface area contributed by atoms with Crippen molar-refractivity contribution >= 4 is 84.6 Å². The molecule has 3 aromatic carbocycles. The zero-order chi connectivity index (χ0) is 31.9. The molecule has 4 aromatic rings. The van der Waals surface area contributed by atoms with E-state index >= 15 is 0 Å². The Bertz CT molecular complexity index is 2020. The van der Waals surface area contributed by atoms with Crippen molar-refractivity contribution in [2.75, 3.05) is 11.5 Å². The van der Waals surface area contributed by atoms with Crippen LogP contribution in [0, 0.1) is 0 Å². The molecule has 2 amide bonds. The average Bonchev–Trinajstić information content (AvgIpc) is 3.72. The number of aromatic nitrogens is 1. The molecule has 0 radical (unpaired) electrons. The van der Waals surface area contributed by atoms with E-state index in [9.17, 15) is 29.4 Å². The molecular weight excluding hydrogens is 649 g/mol. The lowest BCUT2D eigenvalue weighted by atomic mass is 10.0. The lowest BCUT2D eigenvalue weighted by Gasteiger charge is -2.49. The number of thioether (sulfide) groups is 2. The van der Waals surface area contributed by atoms with Crippen molar-refractivity contribution in [2.24, 2.45) is 4.99 Å². The first-order chi connectivity index (χ1) is 22.3. The zero-order valence-corrected chi connectivity index (χ0v) is 26.2. The normalized spacial score (nSPS) is 21.0. The van der Waals surface area contributed by atoms with Gasteiger partial charge >= 0.3 is 11.9 Å². The number of carbonyl (C=O) groups excluding carboxylic acids is 2. The minimum Gasteiger partial charge on any atom is -0.480 e. The maximum Gasteiger partial charge on any atom is 0.352 e. The molecule has 4 heterocycles. The SMILES string of the molecule is O=C(Cc1ccccc1)NC1C(=O)N2C(C(=O)O)=C(/C=C/Oc3ccc4c(ccc5nc(C6=NC(C(=O)O)CS6)sc54)c3)CSC12. The summed E-state index contributed by atoms with van der Waals surface area (Å²) in [5.41, 5.74) is 1.92.